The van der Waals surface area contributed by atoms with Crippen LogP contribution in [-0.4, -0.2) is 11.6 Å². The molecule has 1 heterocycles. The fourth-order valence-corrected chi connectivity index (χ4v) is 1.66. The van der Waals surface area contributed by atoms with E-state index in [-0.39, 0.29) is 5.91 Å². The van der Waals surface area contributed by atoms with Gasteiger partial charge in [0.2, 0.25) is 5.91 Å². The first-order valence-corrected chi connectivity index (χ1v) is 5.23. The Morgan fingerprint density at radius 2 is 2.00 bits per heavy atom. The Morgan fingerprint density at radius 3 is 2.60 bits per heavy atom. The van der Waals surface area contributed by atoms with E-state index in [9.17, 15) is 4.79 Å². The molecule has 0 aromatic heterocycles. The van der Waals surface area contributed by atoms with Gasteiger partial charge in [0.15, 0.2) is 0 Å². The van der Waals surface area contributed by atoms with E-state index in [1.807, 2.05) is 6.07 Å². The van der Waals surface area contributed by atoms with Crippen LogP contribution >= 0.6 is 23.2 Å². The minimum Gasteiger partial charge on any atom is -0.273 e. The molecule has 0 fully saturated rings. The number of benzene rings is 1. The summed E-state index contributed by atoms with van der Waals surface area (Å²) < 4.78 is 0. The SMILES string of the molecule is O=C1CCC(c2ccc(Cl)c(Cl)c2)=NN1. The first kappa shape index (κ1) is 10.5. The highest BCUT2D eigenvalue weighted by molar-refractivity contribution is 6.42. The number of amides is 1. The van der Waals surface area contributed by atoms with Crippen molar-refractivity contribution in [1.29, 1.82) is 0 Å². The van der Waals surface area contributed by atoms with Crippen molar-refractivity contribution in [2.75, 3.05) is 0 Å². The Balaban J connectivity index is 2.30. The third-order valence-electron chi connectivity index (χ3n) is 2.16. The Bertz CT molecular complexity index is 443. The van der Waals surface area contributed by atoms with Crippen molar-refractivity contribution in [3.63, 3.8) is 0 Å². The van der Waals surface area contributed by atoms with E-state index in [1.54, 1.807) is 12.1 Å². The minimum atomic E-state index is -0.0567. The van der Waals surface area contributed by atoms with E-state index < -0.39 is 0 Å². The number of rotatable bonds is 1. The predicted molar refractivity (Wildman–Crippen MR) is 60.4 cm³/mol. The fourth-order valence-electron chi connectivity index (χ4n) is 1.36. The highest BCUT2D eigenvalue weighted by atomic mass is 35.5. The van der Waals surface area contributed by atoms with Gasteiger partial charge in [-0.2, -0.15) is 5.10 Å². The van der Waals surface area contributed by atoms with Gasteiger partial charge in [-0.05, 0) is 17.7 Å². The van der Waals surface area contributed by atoms with Crippen molar-refractivity contribution in [3.05, 3.63) is 33.8 Å². The lowest BCUT2D eigenvalue weighted by Gasteiger charge is -2.12. The van der Waals surface area contributed by atoms with Gasteiger partial charge < -0.3 is 0 Å². The summed E-state index contributed by atoms with van der Waals surface area (Å²) in [4.78, 5) is 10.9. The van der Waals surface area contributed by atoms with E-state index >= 15 is 0 Å². The van der Waals surface area contributed by atoms with Gasteiger partial charge in [0, 0.05) is 12.8 Å². The molecule has 0 atom stereocenters. The van der Waals surface area contributed by atoms with Crippen molar-refractivity contribution in [2.45, 2.75) is 12.8 Å². The predicted octanol–water partition coefficient (Wildman–Crippen LogP) is 2.61. The summed E-state index contributed by atoms with van der Waals surface area (Å²) in [6.07, 6.45) is 1.09. The molecule has 0 saturated carbocycles. The minimum absolute atomic E-state index is 0.0567. The highest BCUT2D eigenvalue weighted by Crippen LogP contribution is 2.23. The van der Waals surface area contributed by atoms with E-state index in [2.05, 4.69) is 10.5 Å². The third kappa shape index (κ3) is 2.30. The number of nitrogens with zero attached hydrogens (tertiary/aromatic N) is 1. The Labute approximate surface area is 97.1 Å². The fraction of sp³-hybridized carbons (Fsp3) is 0.200. The zero-order valence-corrected chi connectivity index (χ0v) is 9.27. The van der Waals surface area contributed by atoms with Crippen LogP contribution in [0.5, 0.6) is 0 Å². The summed E-state index contributed by atoms with van der Waals surface area (Å²) in [5.41, 5.74) is 4.16. The molecule has 0 radical (unpaired) electrons. The van der Waals surface area contributed by atoms with Crippen LogP contribution in [0.1, 0.15) is 18.4 Å². The van der Waals surface area contributed by atoms with Crippen molar-refractivity contribution in [3.8, 4) is 0 Å². The maximum absolute atomic E-state index is 10.9. The van der Waals surface area contributed by atoms with E-state index in [1.165, 1.54) is 0 Å². The summed E-state index contributed by atoms with van der Waals surface area (Å²) in [6.45, 7) is 0. The number of nitrogens with one attached hydrogen (secondary N) is 1. The summed E-state index contributed by atoms with van der Waals surface area (Å²) >= 11 is 11.7. The quantitative estimate of drug-likeness (QED) is 0.809. The van der Waals surface area contributed by atoms with Crippen molar-refractivity contribution < 1.29 is 4.79 Å². The lowest BCUT2D eigenvalue weighted by atomic mass is 10.0. The molecule has 0 bridgehead atoms. The van der Waals surface area contributed by atoms with Gasteiger partial charge in [-0.15, -0.1) is 0 Å². The zero-order valence-electron chi connectivity index (χ0n) is 7.76. The number of carbonyl (C=O) groups is 1. The lowest BCUT2D eigenvalue weighted by Crippen LogP contribution is -2.25. The van der Waals surface area contributed by atoms with Gasteiger partial charge in [-0.25, -0.2) is 5.43 Å². The van der Waals surface area contributed by atoms with Crippen LogP contribution in [0.3, 0.4) is 0 Å². The van der Waals surface area contributed by atoms with Crippen LogP contribution in [0.15, 0.2) is 23.3 Å². The van der Waals surface area contributed by atoms with Crippen LogP contribution in [0.25, 0.3) is 0 Å². The number of hydrazone groups is 1. The zero-order chi connectivity index (χ0) is 10.8. The first-order valence-electron chi connectivity index (χ1n) is 4.47. The summed E-state index contributed by atoms with van der Waals surface area (Å²) in [6, 6.07) is 5.31. The van der Waals surface area contributed by atoms with Gasteiger partial charge in [0.05, 0.1) is 15.8 Å². The molecule has 5 heteroatoms. The highest BCUT2D eigenvalue weighted by Gasteiger charge is 2.13. The molecular formula is C10H8Cl2N2O. The molecule has 2 rings (SSSR count). The van der Waals surface area contributed by atoms with Crippen LogP contribution in [0, 0.1) is 0 Å². The third-order valence-corrected chi connectivity index (χ3v) is 2.90. The summed E-state index contributed by atoms with van der Waals surface area (Å²) in [7, 11) is 0. The maximum atomic E-state index is 10.9. The molecule has 1 N–H and O–H groups in total. The Kier molecular flexibility index (Phi) is 2.93. The molecule has 1 aromatic rings. The van der Waals surface area contributed by atoms with Crippen LogP contribution in [-0.2, 0) is 4.79 Å². The number of carbonyl (C=O) groups excluding carboxylic acids is 1. The number of halogens is 2. The largest absolute Gasteiger partial charge is 0.273 e. The molecule has 1 aliphatic rings. The smallest absolute Gasteiger partial charge is 0.240 e. The second-order valence-electron chi connectivity index (χ2n) is 3.22. The van der Waals surface area contributed by atoms with Crippen molar-refractivity contribution in [1.82, 2.24) is 5.43 Å². The van der Waals surface area contributed by atoms with Gasteiger partial charge >= 0.3 is 0 Å². The molecule has 3 nitrogen and oxygen atoms in total. The van der Waals surface area contributed by atoms with Crippen molar-refractivity contribution in [2.24, 2.45) is 5.10 Å². The normalized spacial score (nSPS) is 15.9. The van der Waals surface area contributed by atoms with E-state index in [4.69, 9.17) is 23.2 Å². The first-order chi connectivity index (χ1) is 7.16. The number of hydrogen-bond acceptors (Lipinski definition) is 2. The van der Waals surface area contributed by atoms with Gasteiger partial charge in [0.25, 0.3) is 0 Å². The molecule has 0 unspecified atom stereocenters. The average Bonchev–Trinajstić information content (AvgIpc) is 2.23. The van der Waals surface area contributed by atoms with Gasteiger partial charge in [-0.1, -0.05) is 29.3 Å². The van der Waals surface area contributed by atoms with Gasteiger partial charge in [-0.3, -0.25) is 4.79 Å². The Morgan fingerprint density at radius 1 is 1.20 bits per heavy atom. The van der Waals surface area contributed by atoms with E-state index in [0.29, 0.717) is 22.9 Å². The van der Waals surface area contributed by atoms with E-state index in [0.717, 1.165) is 11.3 Å². The summed E-state index contributed by atoms with van der Waals surface area (Å²) in [5, 5.41) is 4.98. The number of hydrogen-bond donors (Lipinski definition) is 1. The molecule has 78 valence electrons. The van der Waals surface area contributed by atoms with Crippen LogP contribution in [0.4, 0.5) is 0 Å². The summed E-state index contributed by atoms with van der Waals surface area (Å²) in [5.74, 6) is -0.0567. The lowest BCUT2D eigenvalue weighted by molar-refractivity contribution is -0.121. The molecule has 15 heavy (non-hydrogen) atoms. The maximum Gasteiger partial charge on any atom is 0.240 e. The Hall–Kier alpha value is -1.06. The monoisotopic (exact) mass is 242 g/mol. The molecule has 0 spiro atoms. The molecular weight excluding hydrogens is 235 g/mol. The molecule has 0 aliphatic carbocycles. The average molecular weight is 243 g/mol. The molecule has 1 aliphatic heterocycles. The topological polar surface area (TPSA) is 41.5 Å². The van der Waals surface area contributed by atoms with Gasteiger partial charge in [0.1, 0.15) is 0 Å². The second kappa shape index (κ2) is 4.21. The molecule has 1 amide bonds. The molecule has 1 aromatic carbocycles. The standard InChI is InChI=1S/C10H8Cl2N2O/c11-7-2-1-6(5-8(7)12)9-3-4-10(15)14-13-9/h1-2,5H,3-4H2,(H,14,15). The van der Waals surface area contributed by atoms with Crippen LogP contribution in [0.2, 0.25) is 10.0 Å². The van der Waals surface area contributed by atoms with Crippen molar-refractivity contribution >= 4 is 34.8 Å². The van der Waals surface area contributed by atoms with Crippen LogP contribution < -0.4 is 5.43 Å². The second-order valence-corrected chi connectivity index (χ2v) is 4.04. The molecule has 0 saturated heterocycles.